The Balaban J connectivity index is 1.64. The molecule has 0 heterocycles. The molecule has 4 heteroatoms. The Kier molecular flexibility index (Phi) is 5.44. The van der Waals surface area contributed by atoms with Gasteiger partial charge in [-0.05, 0) is 96.2 Å². The molecule has 4 N–H and O–H groups in total. The van der Waals surface area contributed by atoms with Crippen LogP contribution in [0.25, 0.3) is 0 Å². The Morgan fingerprint density at radius 1 is 0.853 bits per heavy atom. The van der Waals surface area contributed by atoms with Crippen LogP contribution in [0, 0.1) is 50.2 Å². The summed E-state index contributed by atoms with van der Waals surface area (Å²) in [5.41, 5.74) is 0.522. The summed E-state index contributed by atoms with van der Waals surface area (Å²) >= 11 is 0. The van der Waals surface area contributed by atoms with E-state index in [1.807, 2.05) is 0 Å². The van der Waals surface area contributed by atoms with Gasteiger partial charge in [0.05, 0.1) is 24.9 Å². The van der Waals surface area contributed by atoms with E-state index in [2.05, 4.69) is 54.5 Å². The predicted octanol–water partition coefficient (Wildman–Crippen LogP) is 5.08. The van der Waals surface area contributed by atoms with Crippen molar-refractivity contribution in [1.82, 2.24) is 0 Å². The Bertz CT molecular complexity index is 877. The molecule has 4 fully saturated rings. The van der Waals surface area contributed by atoms with E-state index in [9.17, 15) is 20.4 Å². The standard InChI is InChI=1S/C30H50O4/c1-25(2)12-13-30(17-31)19(14-25)18-8-9-21-27(5)11-10-22(33)26(3,4)24(27)20(32)15-29(21,7)28(18,6)16-23(30)34/h8,19-24,31-34H,9-17H2,1-7H3/t19-,20-,21-,22+,23+,24?,27-,28-,29-,30-/m1/s1. The zero-order valence-electron chi connectivity index (χ0n) is 22.7. The van der Waals surface area contributed by atoms with E-state index < -0.39 is 17.6 Å². The van der Waals surface area contributed by atoms with Crippen molar-refractivity contribution < 1.29 is 20.4 Å². The maximum atomic E-state index is 11.8. The smallest absolute Gasteiger partial charge is 0.0632 e. The zero-order chi connectivity index (χ0) is 25.1. The summed E-state index contributed by atoms with van der Waals surface area (Å²) < 4.78 is 0. The number of hydrogen-bond donors (Lipinski definition) is 4. The summed E-state index contributed by atoms with van der Waals surface area (Å²) in [7, 11) is 0. The molecule has 0 aromatic carbocycles. The van der Waals surface area contributed by atoms with Crippen molar-refractivity contribution in [2.45, 2.75) is 118 Å². The van der Waals surface area contributed by atoms with Crippen LogP contribution < -0.4 is 0 Å². The van der Waals surface area contributed by atoms with E-state index in [1.54, 1.807) is 0 Å². The van der Waals surface area contributed by atoms with Crippen LogP contribution in [0.4, 0.5) is 0 Å². The molecule has 10 atom stereocenters. The molecule has 5 rings (SSSR count). The number of fused-ring (bicyclic) bond motifs is 7. The first-order valence-corrected chi connectivity index (χ1v) is 13.9. The van der Waals surface area contributed by atoms with E-state index in [-0.39, 0.29) is 51.6 Å². The van der Waals surface area contributed by atoms with Crippen molar-refractivity contribution in [3.63, 3.8) is 0 Å². The highest BCUT2D eigenvalue weighted by Crippen LogP contribution is 2.75. The highest BCUT2D eigenvalue weighted by Gasteiger charge is 2.71. The number of rotatable bonds is 1. The van der Waals surface area contributed by atoms with Crippen LogP contribution in [0.15, 0.2) is 11.6 Å². The lowest BCUT2D eigenvalue weighted by Crippen LogP contribution is -2.69. The maximum Gasteiger partial charge on any atom is 0.0632 e. The van der Waals surface area contributed by atoms with E-state index in [1.165, 1.54) is 5.57 Å². The minimum Gasteiger partial charge on any atom is -0.396 e. The predicted molar refractivity (Wildman–Crippen MR) is 135 cm³/mol. The van der Waals surface area contributed by atoms with Crippen LogP contribution in [0.5, 0.6) is 0 Å². The summed E-state index contributed by atoms with van der Waals surface area (Å²) in [6, 6.07) is 0. The minimum absolute atomic E-state index is 0.0525. The van der Waals surface area contributed by atoms with E-state index in [0.717, 1.165) is 44.9 Å². The van der Waals surface area contributed by atoms with Crippen molar-refractivity contribution >= 4 is 0 Å². The van der Waals surface area contributed by atoms with Crippen LogP contribution in [0.2, 0.25) is 0 Å². The molecule has 0 bridgehead atoms. The number of hydrogen-bond acceptors (Lipinski definition) is 4. The Labute approximate surface area is 207 Å². The van der Waals surface area contributed by atoms with Gasteiger partial charge in [-0.25, -0.2) is 0 Å². The first-order valence-electron chi connectivity index (χ1n) is 13.9. The molecule has 0 aromatic rings. The van der Waals surface area contributed by atoms with Crippen molar-refractivity contribution in [1.29, 1.82) is 0 Å². The monoisotopic (exact) mass is 474 g/mol. The summed E-state index contributed by atoms with van der Waals surface area (Å²) in [6.07, 6.45) is 8.22. The largest absolute Gasteiger partial charge is 0.396 e. The van der Waals surface area contributed by atoms with Crippen molar-refractivity contribution in [2.75, 3.05) is 6.61 Å². The second kappa shape index (κ2) is 7.33. The topological polar surface area (TPSA) is 80.9 Å². The first kappa shape index (κ1) is 25.2. The van der Waals surface area contributed by atoms with Gasteiger partial charge < -0.3 is 20.4 Å². The quantitative estimate of drug-likeness (QED) is 0.399. The highest BCUT2D eigenvalue weighted by molar-refractivity contribution is 5.35. The molecule has 5 aliphatic rings. The molecule has 0 aliphatic heterocycles. The van der Waals surface area contributed by atoms with Crippen molar-refractivity contribution in [3.05, 3.63) is 11.6 Å². The SMILES string of the molecule is CC1(C)CC[C@@]2(CO)[C@H](C1)C1=CC[C@@H]3[C@@]4(C)CC[C@H](O)C(C)(C)C4[C@H](O)C[C@@]3(C)[C@]1(C)C[C@@H]2O. The molecular formula is C30H50O4. The fourth-order valence-electron chi connectivity index (χ4n) is 10.9. The average molecular weight is 475 g/mol. The normalized spacial score (nSPS) is 55.8. The second-order valence-electron chi connectivity index (χ2n) is 15.4. The lowest BCUT2D eigenvalue weighted by molar-refractivity contribution is -0.250. The van der Waals surface area contributed by atoms with Gasteiger partial charge in [0.1, 0.15) is 0 Å². The number of allylic oxidation sites excluding steroid dienone is 2. The lowest BCUT2D eigenvalue weighted by atomic mass is 9.33. The fraction of sp³-hybridized carbons (Fsp3) is 0.933. The van der Waals surface area contributed by atoms with E-state index >= 15 is 0 Å². The van der Waals surface area contributed by atoms with Gasteiger partial charge in [0.25, 0.3) is 0 Å². The minimum atomic E-state index is -0.524. The fourth-order valence-corrected chi connectivity index (χ4v) is 10.9. The number of aliphatic hydroxyl groups excluding tert-OH is 4. The average Bonchev–Trinajstić information content (AvgIpc) is 2.71. The summed E-state index contributed by atoms with van der Waals surface area (Å²) in [5.74, 6) is 0.665. The molecule has 0 radical (unpaired) electrons. The Morgan fingerprint density at radius 2 is 1.53 bits per heavy atom. The van der Waals surface area contributed by atoms with Crippen molar-refractivity contribution in [3.8, 4) is 0 Å². The van der Waals surface area contributed by atoms with E-state index in [4.69, 9.17) is 0 Å². The first-order chi connectivity index (χ1) is 15.6. The second-order valence-corrected chi connectivity index (χ2v) is 15.4. The van der Waals surface area contributed by atoms with Gasteiger partial charge in [-0.15, -0.1) is 0 Å². The molecule has 4 saturated carbocycles. The van der Waals surface area contributed by atoms with Crippen LogP contribution in [-0.2, 0) is 0 Å². The van der Waals surface area contributed by atoms with Crippen LogP contribution >= 0.6 is 0 Å². The molecule has 5 aliphatic carbocycles. The maximum absolute atomic E-state index is 11.8. The molecule has 34 heavy (non-hydrogen) atoms. The highest BCUT2D eigenvalue weighted by atomic mass is 16.3. The van der Waals surface area contributed by atoms with Gasteiger partial charge in [0, 0.05) is 5.41 Å². The van der Waals surface area contributed by atoms with E-state index in [0.29, 0.717) is 12.3 Å². The Hall–Kier alpha value is -0.420. The molecule has 0 spiro atoms. The van der Waals surface area contributed by atoms with Gasteiger partial charge in [0.2, 0.25) is 0 Å². The zero-order valence-corrected chi connectivity index (χ0v) is 22.7. The van der Waals surface area contributed by atoms with Gasteiger partial charge in [-0.3, -0.25) is 0 Å². The molecule has 194 valence electrons. The molecule has 1 unspecified atom stereocenters. The third-order valence-corrected chi connectivity index (χ3v) is 13.0. The van der Waals surface area contributed by atoms with Crippen LogP contribution in [0.1, 0.15) is 99.8 Å². The van der Waals surface area contributed by atoms with Gasteiger partial charge >= 0.3 is 0 Å². The molecule has 0 amide bonds. The van der Waals surface area contributed by atoms with Crippen LogP contribution in [-0.4, -0.2) is 45.3 Å². The van der Waals surface area contributed by atoms with Crippen LogP contribution in [0.3, 0.4) is 0 Å². The molecule has 0 saturated heterocycles. The third kappa shape index (κ3) is 2.92. The van der Waals surface area contributed by atoms with Gasteiger partial charge in [0.15, 0.2) is 0 Å². The summed E-state index contributed by atoms with van der Waals surface area (Å²) in [4.78, 5) is 0. The number of aliphatic hydroxyl groups is 4. The summed E-state index contributed by atoms with van der Waals surface area (Å²) in [5, 5.41) is 45.1. The lowest BCUT2D eigenvalue weighted by Gasteiger charge is -2.72. The molecule has 4 nitrogen and oxygen atoms in total. The Morgan fingerprint density at radius 3 is 2.18 bits per heavy atom. The summed E-state index contributed by atoms with van der Waals surface area (Å²) in [6.45, 7) is 16.2. The van der Waals surface area contributed by atoms with Crippen molar-refractivity contribution in [2.24, 2.45) is 50.2 Å². The molecule has 0 aromatic heterocycles. The van der Waals surface area contributed by atoms with Gasteiger partial charge in [-0.2, -0.15) is 0 Å². The molecular weight excluding hydrogens is 424 g/mol. The third-order valence-electron chi connectivity index (χ3n) is 13.0. The van der Waals surface area contributed by atoms with Gasteiger partial charge in [-0.1, -0.05) is 60.1 Å².